The number of carbonyl (C=O) groups is 1. The molecule has 5 heteroatoms. The van der Waals surface area contributed by atoms with Gasteiger partial charge in [-0.3, -0.25) is 4.79 Å². The molecule has 0 aromatic heterocycles. The Balaban J connectivity index is 2.43. The van der Waals surface area contributed by atoms with Crippen molar-refractivity contribution in [3.05, 3.63) is 70.1 Å². The average molecular weight is 358 g/mol. The highest BCUT2D eigenvalue weighted by Crippen LogP contribution is 2.26. The van der Waals surface area contributed by atoms with Gasteiger partial charge in [0.25, 0.3) is 0 Å². The summed E-state index contributed by atoms with van der Waals surface area (Å²) in [5, 5.41) is 0. The van der Waals surface area contributed by atoms with E-state index in [4.69, 9.17) is 0 Å². The summed E-state index contributed by atoms with van der Waals surface area (Å²) in [6.45, 7) is 3.87. The third kappa shape index (κ3) is 5.03. The van der Waals surface area contributed by atoms with Crippen molar-refractivity contribution in [2.45, 2.75) is 31.6 Å². The van der Waals surface area contributed by atoms with Crippen LogP contribution in [0.25, 0.3) is 6.08 Å². The van der Waals surface area contributed by atoms with E-state index >= 15 is 0 Å². The molecule has 2 aromatic rings. The van der Waals surface area contributed by atoms with E-state index in [2.05, 4.69) is 4.74 Å². The number of hydrogen-bond acceptors (Lipinski definition) is 4. The highest BCUT2D eigenvalue weighted by atomic mass is 32.2. The van der Waals surface area contributed by atoms with Crippen molar-refractivity contribution in [1.29, 1.82) is 0 Å². The number of ether oxygens (including phenoxy) is 1. The molecule has 25 heavy (non-hydrogen) atoms. The fraction of sp³-hybridized carbons (Fsp3) is 0.250. The van der Waals surface area contributed by atoms with Crippen molar-refractivity contribution >= 4 is 21.9 Å². The fourth-order valence-corrected chi connectivity index (χ4v) is 3.79. The van der Waals surface area contributed by atoms with Crippen LogP contribution in [0.4, 0.5) is 0 Å². The van der Waals surface area contributed by atoms with Gasteiger partial charge in [-0.15, -0.1) is 0 Å². The van der Waals surface area contributed by atoms with Crippen LogP contribution in [0, 0.1) is 13.8 Å². The molecular formula is C20H22O4S. The quantitative estimate of drug-likeness (QED) is 0.730. The summed E-state index contributed by atoms with van der Waals surface area (Å²) in [4.78, 5) is 11.9. The molecule has 0 fully saturated rings. The van der Waals surface area contributed by atoms with Gasteiger partial charge in [-0.1, -0.05) is 47.5 Å². The van der Waals surface area contributed by atoms with Gasteiger partial charge in [-0.05, 0) is 44.0 Å². The van der Waals surface area contributed by atoms with E-state index in [0.717, 1.165) is 16.7 Å². The van der Waals surface area contributed by atoms with E-state index in [1.54, 1.807) is 30.3 Å². The van der Waals surface area contributed by atoms with E-state index < -0.39 is 15.8 Å². The zero-order valence-electron chi connectivity index (χ0n) is 14.7. The van der Waals surface area contributed by atoms with Crippen LogP contribution >= 0.6 is 0 Å². The second kappa shape index (κ2) is 8.12. The van der Waals surface area contributed by atoms with E-state index in [1.165, 1.54) is 7.11 Å². The van der Waals surface area contributed by atoms with E-state index in [0.29, 0.717) is 0 Å². The number of sulfone groups is 1. The summed E-state index contributed by atoms with van der Waals surface area (Å²) >= 11 is 0. The van der Waals surface area contributed by atoms with Crippen LogP contribution in [-0.2, 0) is 19.4 Å². The smallest absolute Gasteiger partial charge is 0.305 e. The van der Waals surface area contributed by atoms with Crippen LogP contribution in [0.15, 0.2) is 58.3 Å². The average Bonchev–Trinajstić information content (AvgIpc) is 2.60. The molecule has 0 atom stereocenters. The van der Waals surface area contributed by atoms with Gasteiger partial charge in [0.1, 0.15) is 0 Å². The molecule has 0 aliphatic rings. The van der Waals surface area contributed by atoms with Crippen LogP contribution in [0.5, 0.6) is 0 Å². The molecule has 0 saturated heterocycles. The summed E-state index contributed by atoms with van der Waals surface area (Å²) in [5.41, 5.74) is 2.85. The van der Waals surface area contributed by atoms with Gasteiger partial charge in [0.2, 0.25) is 9.84 Å². The number of hydrogen-bond donors (Lipinski definition) is 0. The van der Waals surface area contributed by atoms with Gasteiger partial charge in [-0.2, -0.15) is 0 Å². The second-order valence-electron chi connectivity index (χ2n) is 5.91. The second-order valence-corrected chi connectivity index (χ2v) is 7.92. The molecule has 0 bridgehead atoms. The normalized spacial score (nSPS) is 12.0. The number of carbonyl (C=O) groups excluding carboxylic acids is 1. The zero-order chi connectivity index (χ0) is 18.4. The molecule has 2 aromatic carbocycles. The van der Waals surface area contributed by atoms with Gasteiger partial charge < -0.3 is 4.74 Å². The Hall–Kier alpha value is -2.40. The third-order valence-electron chi connectivity index (χ3n) is 3.88. The molecule has 0 radical (unpaired) electrons. The molecule has 4 nitrogen and oxygen atoms in total. The van der Waals surface area contributed by atoms with Crippen molar-refractivity contribution in [3.63, 3.8) is 0 Å². The van der Waals surface area contributed by atoms with Crippen LogP contribution in [-0.4, -0.2) is 21.5 Å². The summed E-state index contributed by atoms with van der Waals surface area (Å²) in [5.74, 6) is -0.436. The molecule has 0 N–H and O–H groups in total. The third-order valence-corrected chi connectivity index (χ3v) is 5.79. The van der Waals surface area contributed by atoms with Crippen molar-refractivity contribution in [3.8, 4) is 0 Å². The Kier molecular flexibility index (Phi) is 6.15. The molecule has 0 heterocycles. The first kappa shape index (κ1) is 18.9. The lowest BCUT2D eigenvalue weighted by Gasteiger charge is -2.10. The summed E-state index contributed by atoms with van der Waals surface area (Å²) < 4.78 is 30.6. The minimum atomic E-state index is -3.68. The van der Waals surface area contributed by atoms with Gasteiger partial charge in [0.15, 0.2) is 0 Å². The van der Waals surface area contributed by atoms with Gasteiger partial charge >= 0.3 is 5.97 Å². The topological polar surface area (TPSA) is 60.4 Å². The molecular weight excluding hydrogens is 336 g/mol. The lowest BCUT2D eigenvalue weighted by atomic mass is 10.1. The Morgan fingerprint density at radius 3 is 1.96 bits per heavy atom. The van der Waals surface area contributed by atoms with E-state index in [1.807, 2.05) is 38.1 Å². The predicted molar refractivity (Wildman–Crippen MR) is 98.8 cm³/mol. The maximum absolute atomic E-state index is 13.0. The standard InChI is InChI=1S/C20H22O4S/c1-15-4-8-17(9-5-15)14-19(12-13-20(21)24-3)25(22,23)18-10-6-16(2)7-11-18/h4-11,14H,12-13H2,1-3H3/b19-14+. The Morgan fingerprint density at radius 2 is 1.44 bits per heavy atom. The van der Waals surface area contributed by atoms with Crippen LogP contribution in [0.1, 0.15) is 29.5 Å². The minimum absolute atomic E-state index is 0.0132. The van der Waals surface area contributed by atoms with Crippen LogP contribution in [0.3, 0.4) is 0 Å². The van der Waals surface area contributed by atoms with Crippen molar-refractivity contribution in [2.24, 2.45) is 0 Å². The lowest BCUT2D eigenvalue weighted by molar-refractivity contribution is -0.140. The summed E-state index contributed by atoms with van der Waals surface area (Å²) in [6.07, 6.45) is 1.73. The molecule has 0 unspecified atom stereocenters. The molecule has 0 spiro atoms. The number of benzene rings is 2. The number of esters is 1. The molecule has 0 amide bonds. The Bertz CT molecular complexity index is 861. The molecule has 132 valence electrons. The molecule has 2 rings (SSSR count). The van der Waals surface area contributed by atoms with Crippen molar-refractivity contribution in [1.82, 2.24) is 0 Å². The number of methoxy groups -OCH3 is 1. The molecule has 0 aliphatic heterocycles. The monoisotopic (exact) mass is 358 g/mol. The first-order valence-electron chi connectivity index (χ1n) is 7.99. The fourth-order valence-electron chi connectivity index (χ4n) is 2.33. The summed E-state index contributed by atoms with van der Waals surface area (Å²) in [6, 6.07) is 14.3. The first-order chi connectivity index (χ1) is 11.8. The highest BCUT2D eigenvalue weighted by molar-refractivity contribution is 7.95. The van der Waals surface area contributed by atoms with Crippen LogP contribution < -0.4 is 0 Å². The number of rotatable bonds is 6. The Labute approximate surface area is 149 Å². The SMILES string of the molecule is COC(=O)CC/C(=C\c1ccc(C)cc1)S(=O)(=O)c1ccc(C)cc1. The lowest BCUT2D eigenvalue weighted by Crippen LogP contribution is -2.08. The van der Waals surface area contributed by atoms with Crippen LogP contribution in [0.2, 0.25) is 0 Å². The first-order valence-corrected chi connectivity index (χ1v) is 9.47. The van der Waals surface area contributed by atoms with Crippen molar-refractivity contribution in [2.75, 3.05) is 7.11 Å². The predicted octanol–water partition coefficient (Wildman–Crippen LogP) is 4.07. The highest BCUT2D eigenvalue weighted by Gasteiger charge is 2.21. The minimum Gasteiger partial charge on any atom is -0.469 e. The maximum Gasteiger partial charge on any atom is 0.305 e. The molecule has 0 saturated carbocycles. The maximum atomic E-state index is 13.0. The van der Waals surface area contributed by atoms with E-state index in [-0.39, 0.29) is 22.6 Å². The van der Waals surface area contributed by atoms with Gasteiger partial charge in [0.05, 0.1) is 23.3 Å². The Morgan fingerprint density at radius 1 is 0.920 bits per heavy atom. The zero-order valence-corrected chi connectivity index (χ0v) is 15.5. The number of allylic oxidation sites excluding steroid dienone is 1. The van der Waals surface area contributed by atoms with Crippen molar-refractivity contribution < 1.29 is 17.9 Å². The molecule has 0 aliphatic carbocycles. The summed E-state index contributed by atoms with van der Waals surface area (Å²) in [7, 11) is -2.38. The van der Waals surface area contributed by atoms with Gasteiger partial charge in [0, 0.05) is 0 Å². The largest absolute Gasteiger partial charge is 0.469 e. The van der Waals surface area contributed by atoms with Gasteiger partial charge in [-0.25, -0.2) is 8.42 Å². The number of aryl methyl sites for hydroxylation is 2. The van der Waals surface area contributed by atoms with E-state index in [9.17, 15) is 13.2 Å².